The van der Waals surface area contributed by atoms with E-state index in [1.54, 1.807) is 0 Å². The molecule has 1 rings (SSSR count). The summed E-state index contributed by atoms with van der Waals surface area (Å²) in [5.41, 5.74) is 0. The van der Waals surface area contributed by atoms with Crippen LogP contribution in [0, 0.1) is 13.1 Å². The van der Waals surface area contributed by atoms with Crippen LogP contribution in [0.25, 0.3) is 0 Å². The van der Waals surface area contributed by atoms with E-state index in [1.165, 1.54) is 19.3 Å². The Labute approximate surface area is 68.3 Å². The van der Waals surface area contributed by atoms with Crippen LogP contribution in [-0.4, -0.2) is 9.55 Å². The second-order valence-electron chi connectivity index (χ2n) is 2.82. The molecule has 0 unspecified atom stereocenters. The molecular formula is C9H15N2. The van der Waals surface area contributed by atoms with Crippen LogP contribution in [0.2, 0.25) is 0 Å². The lowest BCUT2D eigenvalue weighted by Crippen LogP contribution is -1.98. The van der Waals surface area contributed by atoms with E-state index in [2.05, 4.69) is 22.7 Å². The Morgan fingerprint density at radius 2 is 2.36 bits per heavy atom. The molecule has 0 aliphatic heterocycles. The number of hydrogen-bond donors (Lipinski definition) is 0. The lowest BCUT2D eigenvalue weighted by Gasteiger charge is -2.02. The molecule has 0 aliphatic carbocycles. The van der Waals surface area contributed by atoms with Crippen molar-refractivity contribution in [1.82, 2.24) is 9.55 Å². The molecule has 1 heterocycles. The Morgan fingerprint density at radius 1 is 1.55 bits per heavy atom. The quantitative estimate of drug-likeness (QED) is 0.603. The fourth-order valence-corrected chi connectivity index (χ4v) is 1.11. The van der Waals surface area contributed by atoms with Crippen molar-refractivity contribution >= 4 is 0 Å². The molecule has 0 saturated carbocycles. The summed E-state index contributed by atoms with van der Waals surface area (Å²) in [6, 6.07) is 0. The smallest absolute Gasteiger partial charge is 0.109 e. The minimum absolute atomic E-state index is 1.07. The van der Waals surface area contributed by atoms with Crippen molar-refractivity contribution in [3.8, 4) is 0 Å². The Kier molecular flexibility index (Phi) is 3.14. The van der Waals surface area contributed by atoms with Crippen LogP contribution in [-0.2, 0) is 6.54 Å². The molecule has 0 bridgehead atoms. The van der Waals surface area contributed by atoms with Gasteiger partial charge in [-0.25, -0.2) is 4.98 Å². The first-order chi connectivity index (χ1) is 5.34. The predicted octanol–water partition coefficient (Wildman–Crippen LogP) is 2.18. The molecule has 2 heteroatoms. The van der Waals surface area contributed by atoms with Crippen molar-refractivity contribution in [1.29, 1.82) is 0 Å². The molecular weight excluding hydrogens is 136 g/mol. The maximum absolute atomic E-state index is 4.03. The number of unbranched alkanes of at least 4 members (excludes halogenated alkanes) is 2. The fourth-order valence-electron chi connectivity index (χ4n) is 1.11. The number of nitrogens with zero attached hydrogens (tertiary/aromatic N) is 2. The molecule has 0 atom stereocenters. The first-order valence-corrected chi connectivity index (χ1v) is 4.24. The summed E-state index contributed by atoms with van der Waals surface area (Å²) in [6.07, 6.45) is 8.59. The Hall–Kier alpha value is -0.790. The molecule has 0 saturated heterocycles. The zero-order valence-electron chi connectivity index (χ0n) is 7.30. The predicted molar refractivity (Wildman–Crippen MR) is 45.3 cm³/mol. The van der Waals surface area contributed by atoms with Crippen LogP contribution < -0.4 is 0 Å². The highest BCUT2D eigenvalue weighted by atomic mass is 15.0. The standard InChI is InChI=1S/C9H15N2/c1-3-4-5-7-11-8-6-10-9(11)2/h8H,3-5,7H2,1-2H3. The van der Waals surface area contributed by atoms with Gasteiger partial charge in [0.05, 0.1) is 0 Å². The third kappa shape index (κ3) is 2.37. The van der Waals surface area contributed by atoms with Crippen molar-refractivity contribution < 1.29 is 0 Å². The van der Waals surface area contributed by atoms with Gasteiger partial charge in [0.2, 0.25) is 0 Å². The SMILES string of the molecule is CCCCCn1c[c]nc1C. The molecule has 61 valence electrons. The molecule has 2 nitrogen and oxygen atoms in total. The van der Waals surface area contributed by atoms with Gasteiger partial charge in [0, 0.05) is 12.7 Å². The highest BCUT2D eigenvalue weighted by Gasteiger charge is 1.94. The van der Waals surface area contributed by atoms with E-state index < -0.39 is 0 Å². The van der Waals surface area contributed by atoms with Crippen molar-refractivity contribution in [3.05, 3.63) is 18.2 Å². The minimum atomic E-state index is 1.07. The first-order valence-electron chi connectivity index (χ1n) is 4.24. The Morgan fingerprint density at radius 3 is 2.91 bits per heavy atom. The molecule has 0 fully saturated rings. The van der Waals surface area contributed by atoms with Gasteiger partial charge in [-0.15, -0.1) is 0 Å². The molecule has 0 spiro atoms. The lowest BCUT2D eigenvalue weighted by atomic mass is 10.2. The van der Waals surface area contributed by atoms with E-state index >= 15 is 0 Å². The summed E-state index contributed by atoms with van der Waals surface area (Å²) >= 11 is 0. The largest absolute Gasteiger partial charge is 0.334 e. The summed E-state index contributed by atoms with van der Waals surface area (Å²) in [6.45, 7) is 5.32. The molecule has 0 aliphatic rings. The second kappa shape index (κ2) is 4.16. The average molecular weight is 151 g/mol. The zero-order chi connectivity index (χ0) is 8.10. The van der Waals surface area contributed by atoms with Gasteiger partial charge < -0.3 is 4.57 Å². The molecule has 0 aromatic carbocycles. The fraction of sp³-hybridized carbons (Fsp3) is 0.667. The summed E-state index contributed by atoms with van der Waals surface area (Å²) in [5, 5.41) is 0. The van der Waals surface area contributed by atoms with Crippen molar-refractivity contribution in [2.24, 2.45) is 0 Å². The maximum Gasteiger partial charge on any atom is 0.109 e. The first kappa shape index (κ1) is 8.31. The van der Waals surface area contributed by atoms with Crippen molar-refractivity contribution in [2.75, 3.05) is 0 Å². The maximum atomic E-state index is 4.03. The third-order valence-electron chi connectivity index (χ3n) is 1.86. The minimum Gasteiger partial charge on any atom is -0.334 e. The van der Waals surface area contributed by atoms with Crippen LogP contribution in [0.15, 0.2) is 6.20 Å². The number of imidazole rings is 1. The molecule has 0 N–H and O–H groups in total. The number of hydrogen-bond acceptors (Lipinski definition) is 1. The molecule has 0 amide bonds. The number of aryl methyl sites for hydroxylation is 2. The van der Waals surface area contributed by atoms with E-state index in [-0.39, 0.29) is 0 Å². The van der Waals surface area contributed by atoms with Gasteiger partial charge in [0.25, 0.3) is 0 Å². The highest BCUT2D eigenvalue weighted by molar-refractivity contribution is 4.86. The van der Waals surface area contributed by atoms with E-state index in [0.717, 1.165) is 12.4 Å². The van der Waals surface area contributed by atoms with Gasteiger partial charge in [-0.1, -0.05) is 19.8 Å². The average Bonchev–Trinajstić information content (AvgIpc) is 2.37. The molecule has 1 aromatic heterocycles. The number of rotatable bonds is 4. The normalized spacial score (nSPS) is 10.4. The van der Waals surface area contributed by atoms with E-state index in [0.29, 0.717) is 0 Å². The summed E-state index contributed by atoms with van der Waals surface area (Å²) in [5.74, 6) is 1.07. The van der Waals surface area contributed by atoms with Crippen LogP contribution in [0.5, 0.6) is 0 Å². The Balaban J connectivity index is 2.32. The second-order valence-corrected chi connectivity index (χ2v) is 2.82. The summed E-state index contributed by atoms with van der Waals surface area (Å²) in [4.78, 5) is 4.03. The third-order valence-corrected chi connectivity index (χ3v) is 1.86. The van der Waals surface area contributed by atoms with Crippen LogP contribution in [0.4, 0.5) is 0 Å². The molecule has 1 radical (unpaired) electrons. The monoisotopic (exact) mass is 151 g/mol. The van der Waals surface area contributed by atoms with Gasteiger partial charge in [-0.2, -0.15) is 0 Å². The zero-order valence-corrected chi connectivity index (χ0v) is 7.30. The Bertz CT molecular complexity index is 203. The van der Waals surface area contributed by atoms with Gasteiger partial charge in [0.15, 0.2) is 0 Å². The number of aromatic nitrogens is 2. The topological polar surface area (TPSA) is 17.8 Å². The highest BCUT2D eigenvalue weighted by Crippen LogP contribution is 2.00. The van der Waals surface area contributed by atoms with E-state index in [9.17, 15) is 0 Å². The summed E-state index contributed by atoms with van der Waals surface area (Å²) in [7, 11) is 0. The molecule has 11 heavy (non-hydrogen) atoms. The van der Waals surface area contributed by atoms with Crippen LogP contribution in [0.1, 0.15) is 32.0 Å². The van der Waals surface area contributed by atoms with Crippen molar-refractivity contribution in [3.63, 3.8) is 0 Å². The van der Waals surface area contributed by atoms with Gasteiger partial charge in [0.1, 0.15) is 12.0 Å². The van der Waals surface area contributed by atoms with E-state index in [1.807, 2.05) is 13.1 Å². The van der Waals surface area contributed by atoms with Gasteiger partial charge in [-0.05, 0) is 13.3 Å². The lowest BCUT2D eigenvalue weighted by molar-refractivity contribution is 0.590. The van der Waals surface area contributed by atoms with Crippen LogP contribution in [0.3, 0.4) is 0 Å². The van der Waals surface area contributed by atoms with E-state index in [4.69, 9.17) is 0 Å². The van der Waals surface area contributed by atoms with Crippen molar-refractivity contribution in [2.45, 2.75) is 39.7 Å². The van der Waals surface area contributed by atoms with Crippen LogP contribution >= 0.6 is 0 Å². The summed E-state index contributed by atoms with van der Waals surface area (Å²) < 4.78 is 2.15. The molecule has 1 aromatic rings. The van der Waals surface area contributed by atoms with Gasteiger partial charge in [-0.3, -0.25) is 0 Å². The van der Waals surface area contributed by atoms with Gasteiger partial charge >= 0.3 is 0 Å².